The third-order valence-electron chi connectivity index (χ3n) is 22.8. The molecule has 0 unspecified atom stereocenters. The number of para-hydroxylation sites is 7. The van der Waals surface area contributed by atoms with Gasteiger partial charge in [0, 0.05) is 107 Å². The van der Waals surface area contributed by atoms with Crippen LogP contribution >= 0.6 is 0 Å². The van der Waals surface area contributed by atoms with Crippen molar-refractivity contribution in [2.75, 3.05) is 0 Å². The van der Waals surface area contributed by atoms with Crippen molar-refractivity contribution in [3.05, 3.63) is 413 Å². The average Bonchev–Trinajstić information content (AvgIpc) is 1.67. The van der Waals surface area contributed by atoms with Gasteiger partial charge in [-0.2, -0.15) is 0 Å². The number of aromatic nitrogens is 6. The van der Waals surface area contributed by atoms with Crippen LogP contribution in [0.1, 0.15) is 0 Å². The summed E-state index contributed by atoms with van der Waals surface area (Å²) >= 11 is 0. The van der Waals surface area contributed by atoms with Crippen molar-refractivity contribution in [1.82, 2.24) is 28.7 Å². The van der Waals surface area contributed by atoms with Gasteiger partial charge in [0.2, 0.25) is 0 Å². The highest BCUT2D eigenvalue weighted by Crippen LogP contribution is 2.45. The van der Waals surface area contributed by atoms with E-state index in [4.69, 9.17) is 8.83 Å². The fourth-order valence-corrected chi connectivity index (χ4v) is 17.6. The zero-order chi connectivity index (χ0) is 75.9. The first kappa shape index (κ1) is 66.5. The zero-order valence-corrected chi connectivity index (χ0v) is 62.3. The predicted octanol–water partition coefficient (Wildman–Crippen LogP) is 28.6. The number of pyridine rings is 3. The van der Waals surface area contributed by atoms with E-state index in [1.54, 1.807) is 0 Å². The maximum Gasteiger partial charge on any atom is 0.143 e. The zero-order valence-electron chi connectivity index (χ0n) is 62.3. The molecule has 0 bridgehead atoms. The fourth-order valence-electron chi connectivity index (χ4n) is 17.6. The van der Waals surface area contributed by atoms with Crippen LogP contribution < -0.4 is 0 Å². The molecule has 115 heavy (non-hydrogen) atoms. The van der Waals surface area contributed by atoms with Crippen molar-refractivity contribution in [1.29, 1.82) is 0 Å². The lowest BCUT2D eigenvalue weighted by molar-refractivity contribution is 0.670. The highest BCUT2D eigenvalue weighted by atomic mass is 16.3. The SMILES string of the molecule is c1ccc(-c2cc(-c3ccccc3)cc(-c3ccc(-n4c5ccccc5c5ccncc54)cc3)c2)cc1.c1ccc2c(c1)cc(-c1ccc(-n3c4ccccc4c4cnccc43)cc1)c1ccccc12.c1ccc2c(c1)oc1c(-c3cc(-c4cccc5c4oc4ccccc45)cc(-n4c5ccccc5c5ccncc54)c3)cccc12. The number of benzene rings is 16. The molecule has 8 aromatic heterocycles. The van der Waals surface area contributed by atoms with Gasteiger partial charge >= 0.3 is 0 Å². The van der Waals surface area contributed by atoms with Crippen LogP contribution in [0.15, 0.2) is 422 Å². The molecular weight excluding hydrogens is 1400 g/mol. The number of fused-ring (bicyclic) bond motifs is 18. The van der Waals surface area contributed by atoms with E-state index in [1.165, 1.54) is 115 Å². The van der Waals surface area contributed by atoms with Gasteiger partial charge < -0.3 is 22.5 Å². The molecule has 0 N–H and O–H groups in total. The van der Waals surface area contributed by atoms with Crippen LogP contribution in [0.4, 0.5) is 0 Å². The van der Waals surface area contributed by atoms with Crippen molar-refractivity contribution in [3.63, 3.8) is 0 Å². The maximum atomic E-state index is 6.53. The van der Waals surface area contributed by atoms with Crippen LogP contribution in [-0.4, -0.2) is 28.7 Å². The maximum absolute atomic E-state index is 6.53. The lowest BCUT2D eigenvalue weighted by atomic mass is 9.93. The molecule has 24 aromatic rings. The summed E-state index contributed by atoms with van der Waals surface area (Å²) in [5.74, 6) is 0. The highest BCUT2D eigenvalue weighted by molar-refractivity contribution is 6.16. The third-order valence-corrected chi connectivity index (χ3v) is 22.8. The lowest BCUT2D eigenvalue weighted by Gasteiger charge is -2.14. The minimum atomic E-state index is 0.882. The summed E-state index contributed by atoms with van der Waals surface area (Å²) in [7, 11) is 0. The quantitative estimate of drug-likeness (QED) is 0.135. The van der Waals surface area contributed by atoms with Crippen molar-refractivity contribution < 1.29 is 8.83 Å². The second kappa shape index (κ2) is 27.8. The van der Waals surface area contributed by atoms with E-state index in [1.807, 2.05) is 61.4 Å². The van der Waals surface area contributed by atoms with Gasteiger partial charge in [0.05, 0.1) is 45.5 Å². The molecule has 16 aromatic carbocycles. The summed E-state index contributed by atoms with van der Waals surface area (Å²) < 4.78 is 20.0. The Morgan fingerprint density at radius 2 is 0.548 bits per heavy atom. The molecule has 0 aliphatic carbocycles. The monoisotopic (exact) mass is 1470 g/mol. The molecule has 24 rings (SSSR count). The fraction of sp³-hybridized carbons (Fsp3) is 0. The van der Waals surface area contributed by atoms with Gasteiger partial charge in [0.1, 0.15) is 22.3 Å². The van der Waals surface area contributed by atoms with Crippen LogP contribution in [0.3, 0.4) is 0 Å². The number of hydrogen-bond donors (Lipinski definition) is 0. The van der Waals surface area contributed by atoms with Gasteiger partial charge in [-0.1, -0.05) is 261 Å². The first-order chi connectivity index (χ1) is 57.0. The van der Waals surface area contributed by atoms with Crippen LogP contribution in [0.5, 0.6) is 0 Å². The van der Waals surface area contributed by atoms with Crippen LogP contribution in [0.25, 0.3) is 215 Å². The standard InChI is InChI=1S/C41H24N2O2.C35H24N2.C31H20N2/c1-4-16-36-30(9-1)31-19-20-42-24-37(31)43(36)27-22-25(28-12-7-14-34-32-10-2-5-17-38(32)44-40(28)34)21-26(23-27)29-13-8-15-35-33-11-3-6-18-39(33)45-41(29)35;1-3-9-25(10-4-1)28-21-29(26-11-5-2-6-12-26)23-30(22-28)27-15-17-31(18-16-27)37-34-14-8-7-13-32(34)33-19-20-36-24-35(33)37;1-2-8-24-22(7-1)19-28(26-10-4-3-9-25(24)26)21-13-15-23(16-14-21)33-30-12-6-5-11-27(30)29-20-32-18-17-31(29)33/h1-24H;1-24H;1-20H. The summed E-state index contributed by atoms with van der Waals surface area (Å²) in [6, 6.07) is 134. The number of furan rings is 2. The second-order valence-corrected chi connectivity index (χ2v) is 29.4. The smallest absolute Gasteiger partial charge is 0.143 e. The minimum Gasteiger partial charge on any atom is -0.455 e. The summed E-state index contributed by atoms with van der Waals surface area (Å²) in [5.41, 5.74) is 27.7. The van der Waals surface area contributed by atoms with Crippen molar-refractivity contribution in [2.24, 2.45) is 0 Å². The van der Waals surface area contributed by atoms with Crippen molar-refractivity contribution in [3.8, 4) is 83.8 Å². The van der Waals surface area contributed by atoms with E-state index >= 15 is 0 Å². The minimum absolute atomic E-state index is 0.882. The second-order valence-electron chi connectivity index (χ2n) is 29.4. The highest BCUT2D eigenvalue weighted by Gasteiger charge is 2.22. The van der Waals surface area contributed by atoms with E-state index in [2.05, 4.69) is 381 Å². The Hall–Kier alpha value is -15.5. The predicted molar refractivity (Wildman–Crippen MR) is 478 cm³/mol. The molecule has 0 amide bonds. The molecule has 0 aliphatic rings. The number of rotatable bonds is 9. The molecule has 0 saturated heterocycles. The Bertz CT molecular complexity index is 7550. The Kier molecular flexibility index (Phi) is 16.1. The van der Waals surface area contributed by atoms with Crippen molar-refractivity contribution >= 4 is 131 Å². The number of hydrogen-bond acceptors (Lipinski definition) is 5. The summed E-state index contributed by atoms with van der Waals surface area (Å²) in [5, 5.41) is 16.8. The molecule has 0 fully saturated rings. The Morgan fingerprint density at radius 3 is 1.08 bits per heavy atom. The van der Waals surface area contributed by atoms with Gasteiger partial charge in [-0.15, -0.1) is 0 Å². The Labute approximate surface area is 661 Å². The van der Waals surface area contributed by atoms with Crippen molar-refractivity contribution in [2.45, 2.75) is 0 Å². The largest absolute Gasteiger partial charge is 0.455 e. The van der Waals surface area contributed by atoms with E-state index in [-0.39, 0.29) is 0 Å². The first-order valence-electron chi connectivity index (χ1n) is 38.9. The van der Waals surface area contributed by atoms with Crippen LogP contribution in [-0.2, 0) is 0 Å². The van der Waals surface area contributed by atoms with E-state index in [0.717, 1.165) is 99.7 Å². The van der Waals surface area contributed by atoms with Crippen LogP contribution in [0.2, 0.25) is 0 Å². The molecule has 0 saturated carbocycles. The Morgan fingerprint density at radius 1 is 0.183 bits per heavy atom. The average molecular weight is 1470 g/mol. The third kappa shape index (κ3) is 11.5. The summed E-state index contributed by atoms with van der Waals surface area (Å²) in [6.45, 7) is 0. The van der Waals surface area contributed by atoms with Gasteiger partial charge in [0.25, 0.3) is 0 Å². The normalized spacial score (nSPS) is 11.7. The molecule has 8 heterocycles. The van der Waals surface area contributed by atoms with Gasteiger partial charge in [-0.3, -0.25) is 15.0 Å². The summed E-state index contributed by atoms with van der Waals surface area (Å²) in [6.07, 6.45) is 11.5. The summed E-state index contributed by atoms with van der Waals surface area (Å²) in [4.78, 5) is 13.3. The molecule has 0 spiro atoms. The van der Waals surface area contributed by atoms with Gasteiger partial charge in [0.15, 0.2) is 0 Å². The lowest BCUT2D eigenvalue weighted by Crippen LogP contribution is -1.96. The Balaban J connectivity index is 0.000000106. The molecule has 8 heteroatoms. The molecule has 0 atom stereocenters. The van der Waals surface area contributed by atoms with Gasteiger partial charge in [-0.25, -0.2) is 0 Å². The van der Waals surface area contributed by atoms with Crippen LogP contribution in [0, 0.1) is 0 Å². The first-order valence-corrected chi connectivity index (χ1v) is 38.9. The molecule has 8 nitrogen and oxygen atoms in total. The van der Waals surface area contributed by atoms with Gasteiger partial charge in [-0.05, 0) is 192 Å². The van der Waals surface area contributed by atoms with E-state index in [0.29, 0.717) is 0 Å². The van der Waals surface area contributed by atoms with E-state index in [9.17, 15) is 0 Å². The molecular formula is C107H68N6O2. The molecule has 0 aliphatic heterocycles. The topological polar surface area (TPSA) is 79.7 Å². The molecule has 538 valence electrons. The molecule has 0 radical (unpaired) electrons. The van der Waals surface area contributed by atoms with E-state index < -0.39 is 0 Å². The number of nitrogens with zero attached hydrogens (tertiary/aromatic N) is 6.